The molecular formula is C6H14BO6-. The van der Waals surface area contributed by atoms with E-state index >= 15 is 0 Å². The molecule has 0 bridgehead atoms. The summed E-state index contributed by atoms with van der Waals surface area (Å²) in [4.78, 5) is 27.0. The van der Waals surface area contributed by atoms with E-state index in [0.29, 0.717) is 13.2 Å². The Morgan fingerprint density at radius 1 is 1.00 bits per heavy atom. The second kappa shape index (κ2) is 9.91. The van der Waals surface area contributed by atoms with Gasteiger partial charge in [-0.1, -0.05) is 0 Å². The number of hydrogen-bond acceptors (Lipinski definition) is 6. The summed E-state index contributed by atoms with van der Waals surface area (Å²) in [6.45, 7) is 6.02. The Kier molecular flexibility index (Phi) is 9.78. The van der Waals surface area contributed by atoms with Gasteiger partial charge in [-0.2, -0.15) is 0 Å². The molecule has 1 unspecified atom stereocenters. The van der Waals surface area contributed by atoms with Crippen LogP contribution in [-0.4, -0.2) is 27.2 Å². The van der Waals surface area contributed by atoms with E-state index in [1.807, 2.05) is 0 Å². The maximum absolute atomic E-state index is 4.63. The van der Waals surface area contributed by atoms with Crippen molar-refractivity contribution in [3.8, 4) is 0 Å². The van der Waals surface area contributed by atoms with Crippen molar-refractivity contribution in [2.75, 3.05) is 13.2 Å². The van der Waals surface area contributed by atoms with Crippen molar-refractivity contribution in [2.24, 2.45) is 0 Å². The molecule has 0 saturated carbocycles. The van der Waals surface area contributed by atoms with Gasteiger partial charge >= 0.3 is 0 Å². The predicted molar refractivity (Wildman–Crippen MR) is 42.8 cm³/mol. The molecule has 0 aliphatic rings. The maximum Gasteiger partial charge on any atom is 0.216 e. The van der Waals surface area contributed by atoms with E-state index in [1.165, 1.54) is 0 Å². The molecule has 2 radical (unpaired) electrons. The summed E-state index contributed by atoms with van der Waals surface area (Å²) in [5, 5.41) is 0. The van der Waals surface area contributed by atoms with Gasteiger partial charge in [-0.3, -0.25) is 9.78 Å². The topological polar surface area (TPSA) is 55.4 Å². The lowest BCUT2D eigenvalue weighted by molar-refractivity contribution is -0.435. The van der Waals surface area contributed by atoms with Gasteiger partial charge in [-0.15, -0.1) is 0 Å². The summed E-state index contributed by atoms with van der Waals surface area (Å²) in [6, 6.07) is 0. The van der Waals surface area contributed by atoms with E-state index in [2.05, 4.69) is 29.2 Å². The van der Waals surface area contributed by atoms with Crippen LogP contribution < -0.4 is 0 Å². The lowest BCUT2D eigenvalue weighted by Crippen LogP contribution is -2.16. The van der Waals surface area contributed by atoms with Gasteiger partial charge in [0.05, 0.1) is 20.9 Å². The van der Waals surface area contributed by atoms with E-state index in [9.17, 15) is 0 Å². The van der Waals surface area contributed by atoms with E-state index in [-0.39, 0.29) is 0 Å². The van der Waals surface area contributed by atoms with Crippen LogP contribution in [0.2, 0.25) is 0 Å². The van der Waals surface area contributed by atoms with Crippen LogP contribution in [0.4, 0.5) is 0 Å². The lowest BCUT2D eigenvalue weighted by atomic mass is 10.4. The minimum atomic E-state index is -0.638. The highest BCUT2D eigenvalue weighted by Crippen LogP contribution is 1.94. The quantitative estimate of drug-likeness (QED) is 0.177. The van der Waals surface area contributed by atoms with Crippen molar-refractivity contribution in [1.82, 2.24) is 0 Å². The summed E-state index contributed by atoms with van der Waals surface area (Å²) < 4.78 is 0. The van der Waals surface area contributed by atoms with Crippen molar-refractivity contribution in [1.29, 1.82) is 0 Å². The Morgan fingerprint density at radius 2 is 1.69 bits per heavy atom. The molecule has 0 aromatic rings. The van der Waals surface area contributed by atoms with Crippen LogP contribution in [0.5, 0.6) is 0 Å². The molecule has 78 valence electrons. The standard InChI is InChI=1S/C6H14BO6/c1-4-8-10-6(3)11-13-7-12-9-5-2/h6H,4-5H2,1-3H3/q-1. The maximum atomic E-state index is 4.63. The largest absolute Gasteiger partial charge is 0.492 e. The van der Waals surface area contributed by atoms with Crippen LogP contribution in [-0.2, 0) is 29.2 Å². The van der Waals surface area contributed by atoms with Gasteiger partial charge in [-0.05, 0) is 20.8 Å². The summed E-state index contributed by atoms with van der Waals surface area (Å²) in [7, 11) is 0.898. The van der Waals surface area contributed by atoms with Gasteiger partial charge in [0, 0.05) is 0 Å². The summed E-state index contributed by atoms with van der Waals surface area (Å²) >= 11 is 0. The molecule has 13 heavy (non-hydrogen) atoms. The van der Waals surface area contributed by atoms with E-state index in [0.717, 1.165) is 7.69 Å². The minimum absolute atomic E-state index is 0.421. The molecule has 0 aliphatic heterocycles. The monoisotopic (exact) mass is 193 g/mol. The summed E-state index contributed by atoms with van der Waals surface area (Å²) in [5.74, 6) is 0. The molecule has 6 nitrogen and oxygen atoms in total. The third kappa shape index (κ3) is 9.74. The molecule has 0 fully saturated rings. The lowest BCUT2D eigenvalue weighted by Gasteiger charge is -2.20. The Balaban J connectivity index is 3.03. The highest BCUT2D eigenvalue weighted by Gasteiger charge is 1.99. The van der Waals surface area contributed by atoms with E-state index < -0.39 is 6.29 Å². The number of hydrogen-bond donors (Lipinski definition) is 0. The molecule has 0 aromatic carbocycles. The molecule has 0 N–H and O–H groups in total. The molecule has 0 spiro atoms. The molecular weight excluding hydrogens is 179 g/mol. The highest BCUT2D eigenvalue weighted by atomic mass is 17.3. The van der Waals surface area contributed by atoms with Gasteiger partial charge in [-0.25, -0.2) is 9.78 Å². The Morgan fingerprint density at radius 3 is 2.31 bits per heavy atom. The third-order valence-corrected chi connectivity index (χ3v) is 0.777. The smallest absolute Gasteiger partial charge is 0.216 e. The van der Waals surface area contributed by atoms with Crippen molar-refractivity contribution in [3.63, 3.8) is 0 Å². The number of rotatable bonds is 9. The normalized spacial score (nSPS) is 13.2. The molecule has 0 rings (SSSR count). The zero-order valence-corrected chi connectivity index (χ0v) is 8.02. The van der Waals surface area contributed by atoms with Gasteiger partial charge in [0.25, 0.3) is 0 Å². The molecule has 1 atom stereocenters. The van der Waals surface area contributed by atoms with Crippen LogP contribution in [0.3, 0.4) is 0 Å². The third-order valence-electron chi connectivity index (χ3n) is 0.777. The van der Waals surface area contributed by atoms with Crippen LogP contribution in [0.1, 0.15) is 20.8 Å². The minimum Gasteiger partial charge on any atom is -0.492 e. The Labute approximate surface area is 78.1 Å². The highest BCUT2D eigenvalue weighted by molar-refractivity contribution is 6.17. The van der Waals surface area contributed by atoms with Crippen molar-refractivity contribution in [2.45, 2.75) is 27.1 Å². The first-order valence-corrected chi connectivity index (χ1v) is 4.01. The fourth-order valence-electron chi connectivity index (χ4n) is 0.393. The predicted octanol–water partition coefficient (Wildman–Crippen LogP) is 0.751. The Hall–Kier alpha value is -0.175. The van der Waals surface area contributed by atoms with Gasteiger partial charge in [0.15, 0.2) is 0 Å². The fraction of sp³-hybridized carbons (Fsp3) is 1.00. The van der Waals surface area contributed by atoms with Crippen LogP contribution in [0, 0.1) is 0 Å². The van der Waals surface area contributed by atoms with Crippen LogP contribution in [0.25, 0.3) is 0 Å². The van der Waals surface area contributed by atoms with E-state index in [1.54, 1.807) is 20.8 Å². The first-order chi connectivity index (χ1) is 6.31. The average molecular weight is 193 g/mol. The van der Waals surface area contributed by atoms with Gasteiger partial charge < -0.3 is 9.61 Å². The first kappa shape index (κ1) is 12.8. The molecule has 7 heteroatoms. The summed E-state index contributed by atoms with van der Waals surface area (Å²) in [5.41, 5.74) is 0. The van der Waals surface area contributed by atoms with Crippen molar-refractivity contribution < 1.29 is 29.2 Å². The average Bonchev–Trinajstić information content (AvgIpc) is 2.14. The first-order valence-electron chi connectivity index (χ1n) is 4.01. The van der Waals surface area contributed by atoms with E-state index in [4.69, 9.17) is 0 Å². The second-order valence-corrected chi connectivity index (χ2v) is 1.86. The van der Waals surface area contributed by atoms with Gasteiger partial charge in [0.2, 0.25) is 6.29 Å². The van der Waals surface area contributed by atoms with Crippen molar-refractivity contribution >= 4 is 7.69 Å². The molecule has 0 heterocycles. The molecule has 0 aliphatic carbocycles. The fourth-order valence-corrected chi connectivity index (χ4v) is 0.393. The zero-order valence-electron chi connectivity index (χ0n) is 8.02. The molecule has 0 aromatic heterocycles. The van der Waals surface area contributed by atoms with Gasteiger partial charge in [0.1, 0.15) is 0 Å². The Bertz CT molecular complexity index is 103. The molecule has 0 amide bonds. The molecule has 0 saturated heterocycles. The second-order valence-electron chi connectivity index (χ2n) is 1.86. The van der Waals surface area contributed by atoms with Crippen LogP contribution in [0.15, 0.2) is 0 Å². The SMILES string of the molecule is CCOO[B-]OOC(C)OOCC. The summed E-state index contributed by atoms with van der Waals surface area (Å²) in [6.07, 6.45) is -0.638. The van der Waals surface area contributed by atoms with Crippen molar-refractivity contribution in [3.05, 3.63) is 0 Å². The zero-order chi connectivity index (χ0) is 9.94. The van der Waals surface area contributed by atoms with Crippen LogP contribution >= 0.6 is 0 Å².